The van der Waals surface area contributed by atoms with Gasteiger partial charge in [-0.05, 0) is 0 Å². The van der Waals surface area contributed by atoms with Crippen molar-refractivity contribution in [3.63, 3.8) is 0 Å². The molecule has 0 aliphatic heterocycles. The zero-order valence-electron chi connectivity index (χ0n) is 6.76. The maximum absolute atomic E-state index is 2.99. The normalized spacial score (nSPS) is 14.7. The molecule has 0 bridgehead atoms. The van der Waals surface area contributed by atoms with E-state index in [1.54, 1.807) is 0 Å². The fourth-order valence-corrected chi connectivity index (χ4v) is 0.680. The van der Waals surface area contributed by atoms with Crippen molar-refractivity contribution in [2.75, 3.05) is 0 Å². The van der Waals surface area contributed by atoms with Gasteiger partial charge in [0.1, 0.15) is 0 Å². The second kappa shape index (κ2) is 11.1. The Morgan fingerprint density at radius 1 is 0.833 bits per heavy atom. The van der Waals surface area contributed by atoms with E-state index in [0.717, 1.165) is 12.8 Å². The van der Waals surface area contributed by atoms with E-state index in [-0.39, 0.29) is 38.6 Å². The van der Waals surface area contributed by atoms with Crippen LogP contribution in [0.1, 0.15) is 12.8 Å². The first kappa shape index (κ1) is 14.6. The van der Waals surface area contributed by atoms with Crippen molar-refractivity contribution in [3.8, 4) is 0 Å². The molecule has 0 saturated heterocycles. The van der Waals surface area contributed by atoms with Crippen molar-refractivity contribution in [1.29, 1.82) is 0 Å². The van der Waals surface area contributed by atoms with E-state index in [1.807, 2.05) is 24.3 Å². The molecule has 0 aromatic rings. The Hall–Kier alpha value is 0.133. The summed E-state index contributed by atoms with van der Waals surface area (Å²) < 4.78 is 0. The molecule has 0 amide bonds. The maximum Gasteiger partial charge on any atom is 2.00 e. The molecule has 0 aromatic heterocycles. The molecule has 2 aliphatic carbocycles. The summed E-state index contributed by atoms with van der Waals surface area (Å²) in [5, 5.41) is 0. The standard InChI is InChI=1S/2C5H5.ClH.Zr/c2*1-2-4-5-3-1;;/h2*1-3H,4H2;1H;/q2*-1;;+2/p-1. The van der Waals surface area contributed by atoms with Crippen LogP contribution in [0.4, 0.5) is 0 Å². The van der Waals surface area contributed by atoms with Crippen molar-refractivity contribution in [3.05, 3.63) is 48.6 Å². The maximum atomic E-state index is 2.99. The molecule has 2 rings (SSSR count). The van der Waals surface area contributed by atoms with E-state index in [0.29, 0.717) is 0 Å². The van der Waals surface area contributed by atoms with E-state index in [4.69, 9.17) is 0 Å². The average molecular weight is 257 g/mol. The van der Waals surface area contributed by atoms with Crippen LogP contribution in [0.15, 0.2) is 36.5 Å². The number of halogens is 1. The van der Waals surface area contributed by atoms with Crippen molar-refractivity contribution >= 4 is 0 Å². The van der Waals surface area contributed by atoms with Crippen molar-refractivity contribution in [2.24, 2.45) is 0 Å². The molecule has 0 aromatic carbocycles. The molecule has 0 saturated carbocycles. The van der Waals surface area contributed by atoms with Crippen LogP contribution in [-0.2, 0) is 26.2 Å². The van der Waals surface area contributed by atoms with Gasteiger partial charge in [-0.2, -0.15) is 12.2 Å². The molecular weight excluding hydrogens is 247 g/mol. The van der Waals surface area contributed by atoms with Gasteiger partial charge in [0.2, 0.25) is 0 Å². The fourth-order valence-electron chi connectivity index (χ4n) is 0.680. The largest absolute Gasteiger partial charge is 2.00 e. The number of hydrogen-bond donors (Lipinski definition) is 0. The van der Waals surface area contributed by atoms with Crippen molar-refractivity contribution < 1.29 is 38.6 Å². The number of hydrogen-bond acceptors (Lipinski definition) is 0. The summed E-state index contributed by atoms with van der Waals surface area (Å²) in [5.74, 6) is 0. The van der Waals surface area contributed by atoms with Crippen LogP contribution in [0.25, 0.3) is 0 Å². The van der Waals surface area contributed by atoms with Crippen LogP contribution >= 0.6 is 0 Å². The Balaban J connectivity index is 0. The van der Waals surface area contributed by atoms with E-state index in [2.05, 4.69) is 24.3 Å². The van der Waals surface area contributed by atoms with E-state index < -0.39 is 0 Å². The summed E-state index contributed by atoms with van der Waals surface area (Å²) >= 11 is 0. The first-order valence-corrected chi connectivity index (χ1v) is 3.43. The van der Waals surface area contributed by atoms with Crippen LogP contribution in [0.5, 0.6) is 0 Å². The molecule has 0 fully saturated rings. The molecule has 2 aliphatic rings. The van der Waals surface area contributed by atoms with Gasteiger partial charge in [-0.25, -0.2) is 24.3 Å². The first-order valence-electron chi connectivity index (χ1n) is 3.43. The van der Waals surface area contributed by atoms with Gasteiger partial charge < -0.3 is 12.4 Å². The summed E-state index contributed by atoms with van der Waals surface area (Å²) in [6.07, 6.45) is 20.0. The van der Waals surface area contributed by atoms with Crippen LogP contribution < -0.4 is 12.4 Å². The van der Waals surface area contributed by atoms with Gasteiger partial charge in [0.15, 0.2) is 0 Å². The summed E-state index contributed by atoms with van der Waals surface area (Å²) in [6, 6.07) is 0. The molecule has 0 N–H and O–H groups in total. The first-order chi connectivity index (χ1) is 5.00. The van der Waals surface area contributed by atoms with Crippen LogP contribution in [0.2, 0.25) is 0 Å². The molecule has 62 valence electrons. The molecule has 12 heavy (non-hydrogen) atoms. The minimum absolute atomic E-state index is 0. The topological polar surface area (TPSA) is 0 Å². The Morgan fingerprint density at radius 2 is 1.25 bits per heavy atom. The smallest absolute Gasteiger partial charge is 1.00 e. The fraction of sp³-hybridized carbons (Fsp3) is 0.200. The molecule has 0 heterocycles. The SMILES string of the molecule is [C-]1=CC=CC1.[C-]1=CC=CC1.[Cl-].[Zr+2]. The van der Waals surface area contributed by atoms with Crippen LogP contribution in [0.3, 0.4) is 0 Å². The van der Waals surface area contributed by atoms with Gasteiger partial charge in [0.25, 0.3) is 0 Å². The van der Waals surface area contributed by atoms with Gasteiger partial charge in [-0.3, -0.25) is 12.2 Å². The molecule has 0 spiro atoms. The molecule has 0 radical (unpaired) electrons. The third kappa shape index (κ3) is 8.23. The van der Waals surface area contributed by atoms with Crippen LogP contribution in [0, 0.1) is 12.2 Å². The summed E-state index contributed by atoms with van der Waals surface area (Å²) in [4.78, 5) is 0. The predicted molar refractivity (Wildman–Crippen MR) is 43.1 cm³/mol. The Morgan fingerprint density at radius 3 is 1.33 bits per heavy atom. The molecule has 2 heteroatoms. The van der Waals surface area contributed by atoms with Crippen LogP contribution in [-0.4, -0.2) is 0 Å². The number of rotatable bonds is 0. The zero-order chi connectivity index (χ0) is 7.07. The molecule has 0 unspecified atom stereocenters. The zero-order valence-corrected chi connectivity index (χ0v) is 9.97. The molecule has 0 atom stereocenters. The minimum Gasteiger partial charge on any atom is -1.00 e. The van der Waals surface area contributed by atoms with E-state index in [9.17, 15) is 0 Å². The molecular formula is C10H10ClZr-. The van der Waals surface area contributed by atoms with Gasteiger partial charge in [-0.15, -0.1) is 12.8 Å². The van der Waals surface area contributed by atoms with Gasteiger partial charge in [0.05, 0.1) is 0 Å². The average Bonchev–Trinajstić information content (AvgIpc) is 2.67. The van der Waals surface area contributed by atoms with E-state index in [1.165, 1.54) is 0 Å². The second-order valence-corrected chi connectivity index (χ2v) is 2.01. The third-order valence-corrected chi connectivity index (χ3v) is 1.17. The third-order valence-electron chi connectivity index (χ3n) is 1.17. The Labute approximate surface area is 99.7 Å². The monoisotopic (exact) mass is 255 g/mol. The quantitative estimate of drug-likeness (QED) is 0.518. The Bertz CT molecular complexity index is 148. The molecule has 0 nitrogen and oxygen atoms in total. The summed E-state index contributed by atoms with van der Waals surface area (Å²) in [5.41, 5.74) is 0. The van der Waals surface area contributed by atoms with Crippen molar-refractivity contribution in [2.45, 2.75) is 12.8 Å². The summed E-state index contributed by atoms with van der Waals surface area (Å²) in [6.45, 7) is 0. The van der Waals surface area contributed by atoms with Gasteiger partial charge >= 0.3 is 26.2 Å². The second-order valence-electron chi connectivity index (χ2n) is 2.01. The summed E-state index contributed by atoms with van der Waals surface area (Å²) in [7, 11) is 0. The van der Waals surface area contributed by atoms with Crippen molar-refractivity contribution in [1.82, 2.24) is 0 Å². The van der Waals surface area contributed by atoms with E-state index >= 15 is 0 Å². The minimum atomic E-state index is 0. The van der Waals surface area contributed by atoms with Gasteiger partial charge in [-0.1, -0.05) is 0 Å². The Kier molecular flexibility index (Phi) is 13.6. The number of allylic oxidation sites excluding steroid dienone is 8. The van der Waals surface area contributed by atoms with Gasteiger partial charge in [0, 0.05) is 0 Å². The predicted octanol–water partition coefficient (Wildman–Crippen LogP) is -0.387.